The standard InChI is InChI=1S/C24H32O3/c1-3-19(2)18-21-15-13-20(14-16-21)10-6-4-5-9-17-27-23-12-8-7-11-22(23)24(25)26/h7-8,11-16,19H,3-6,9-10,17-18H2,1-2H3,(H,25,26). The lowest BCUT2D eigenvalue weighted by molar-refractivity contribution is 0.0692. The Morgan fingerprint density at radius 3 is 2.33 bits per heavy atom. The van der Waals surface area contributed by atoms with Gasteiger partial charge in [-0.15, -0.1) is 0 Å². The highest BCUT2D eigenvalue weighted by atomic mass is 16.5. The van der Waals surface area contributed by atoms with E-state index in [1.165, 1.54) is 36.8 Å². The van der Waals surface area contributed by atoms with Crippen LogP contribution in [0.3, 0.4) is 0 Å². The zero-order chi connectivity index (χ0) is 19.5. The van der Waals surface area contributed by atoms with Crippen molar-refractivity contribution in [3.8, 4) is 5.75 Å². The van der Waals surface area contributed by atoms with Gasteiger partial charge in [-0.25, -0.2) is 4.79 Å². The first-order valence-corrected chi connectivity index (χ1v) is 10.1. The van der Waals surface area contributed by atoms with Gasteiger partial charge < -0.3 is 9.84 Å². The smallest absolute Gasteiger partial charge is 0.339 e. The second kappa shape index (κ2) is 11.4. The highest BCUT2D eigenvalue weighted by Gasteiger charge is 2.09. The summed E-state index contributed by atoms with van der Waals surface area (Å²) in [6.07, 6.45) is 7.90. The van der Waals surface area contributed by atoms with E-state index in [0.29, 0.717) is 12.4 Å². The SMILES string of the molecule is CCC(C)Cc1ccc(CCCCCCOc2ccccc2C(=O)O)cc1. The molecule has 0 fully saturated rings. The fourth-order valence-corrected chi connectivity index (χ4v) is 3.12. The maximum absolute atomic E-state index is 11.1. The summed E-state index contributed by atoms with van der Waals surface area (Å²) in [5, 5.41) is 9.14. The van der Waals surface area contributed by atoms with Crippen molar-refractivity contribution >= 4 is 5.97 Å². The van der Waals surface area contributed by atoms with Crippen molar-refractivity contribution in [2.75, 3.05) is 6.61 Å². The lowest BCUT2D eigenvalue weighted by Crippen LogP contribution is -2.04. The Labute approximate surface area is 163 Å². The zero-order valence-electron chi connectivity index (χ0n) is 16.6. The molecule has 0 aromatic heterocycles. The number of aryl methyl sites for hydroxylation is 1. The number of carbonyl (C=O) groups is 1. The number of rotatable bonds is 12. The summed E-state index contributed by atoms with van der Waals surface area (Å²) in [6.45, 7) is 5.11. The number of carboxylic acids is 1. The molecule has 2 aromatic rings. The molecule has 0 spiro atoms. The molecule has 0 radical (unpaired) electrons. The van der Waals surface area contributed by atoms with Crippen LogP contribution in [0.2, 0.25) is 0 Å². The molecular formula is C24H32O3. The second-order valence-corrected chi connectivity index (χ2v) is 7.35. The fraction of sp³-hybridized carbons (Fsp3) is 0.458. The largest absolute Gasteiger partial charge is 0.493 e. The van der Waals surface area contributed by atoms with Crippen LogP contribution in [-0.2, 0) is 12.8 Å². The minimum Gasteiger partial charge on any atom is -0.493 e. The van der Waals surface area contributed by atoms with Crippen LogP contribution in [0.4, 0.5) is 0 Å². The number of unbranched alkanes of at least 4 members (excludes halogenated alkanes) is 3. The summed E-state index contributed by atoms with van der Waals surface area (Å²) >= 11 is 0. The van der Waals surface area contributed by atoms with E-state index in [1.807, 2.05) is 0 Å². The summed E-state index contributed by atoms with van der Waals surface area (Å²) in [5.74, 6) is 0.267. The van der Waals surface area contributed by atoms with Crippen molar-refractivity contribution in [2.45, 2.75) is 58.8 Å². The monoisotopic (exact) mass is 368 g/mol. The van der Waals surface area contributed by atoms with Crippen molar-refractivity contribution in [2.24, 2.45) is 5.92 Å². The van der Waals surface area contributed by atoms with E-state index in [0.717, 1.165) is 25.2 Å². The fourth-order valence-electron chi connectivity index (χ4n) is 3.12. The summed E-state index contributed by atoms with van der Waals surface area (Å²) in [5.41, 5.74) is 3.08. The Morgan fingerprint density at radius 1 is 0.963 bits per heavy atom. The zero-order valence-corrected chi connectivity index (χ0v) is 16.6. The molecule has 3 heteroatoms. The maximum atomic E-state index is 11.1. The molecule has 0 heterocycles. The van der Waals surface area contributed by atoms with Gasteiger partial charge in [0.25, 0.3) is 0 Å². The molecule has 0 aliphatic heterocycles. The van der Waals surface area contributed by atoms with Gasteiger partial charge in [-0.1, -0.05) is 69.5 Å². The topological polar surface area (TPSA) is 46.5 Å². The third-order valence-corrected chi connectivity index (χ3v) is 5.04. The molecule has 0 aliphatic rings. The van der Waals surface area contributed by atoms with E-state index < -0.39 is 5.97 Å². The van der Waals surface area contributed by atoms with Crippen LogP contribution in [0.25, 0.3) is 0 Å². The highest BCUT2D eigenvalue weighted by molar-refractivity contribution is 5.90. The van der Waals surface area contributed by atoms with E-state index in [-0.39, 0.29) is 5.56 Å². The molecule has 0 aliphatic carbocycles. The summed E-state index contributed by atoms with van der Waals surface area (Å²) < 4.78 is 5.64. The molecule has 3 nitrogen and oxygen atoms in total. The lowest BCUT2D eigenvalue weighted by atomic mass is 9.97. The van der Waals surface area contributed by atoms with Gasteiger partial charge in [-0.05, 0) is 54.9 Å². The van der Waals surface area contributed by atoms with Crippen molar-refractivity contribution in [1.29, 1.82) is 0 Å². The Balaban J connectivity index is 1.60. The van der Waals surface area contributed by atoms with E-state index >= 15 is 0 Å². The molecule has 0 saturated heterocycles. The first-order valence-electron chi connectivity index (χ1n) is 10.1. The number of hydrogen-bond acceptors (Lipinski definition) is 2. The van der Waals surface area contributed by atoms with Crippen LogP contribution in [0.15, 0.2) is 48.5 Å². The average molecular weight is 369 g/mol. The third-order valence-electron chi connectivity index (χ3n) is 5.04. The summed E-state index contributed by atoms with van der Waals surface area (Å²) in [4.78, 5) is 11.1. The predicted molar refractivity (Wildman–Crippen MR) is 111 cm³/mol. The average Bonchev–Trinajstić information content (AvgIpc) is 2.68. The lowest BCUT2D eigenvalue weighted by Gasteiger charge is -2.10. The second-order valence-electron chi connectivity index (χ2n) is 7.35. The van der Waals surface area contributed by atoms with Crippen LogP contribution >= 0.6 is 0 Å². The van der Waals surface area contributed by atoms with Crippen molar-refractivity contribution < 1.29 is 14.6 Å². The van der Waals surface area contributed by atoms with Gasteiger partial charge in [-0.2, -0.15) is 0 Å². The molecule has 2 aromatic carbocycles. The van der Waals surface area contributed by atoms with Crippen LogP contribution in [0.1, 0.15) is 67.4 Å². The molecule has 0 saturated carbocycles. The highest BCUT2D eigenvalue weighted by Crippen LogP contribution is 2.18. The number of carboxylic acid groups (broad SMARTS) is 1. The van der Waals surface area contributed by atoms with E-state index in [9.17, 15) is 4.79 Å². The molecule has 0 bridgehead atoms. The Bertz CT molecular complexity index is 691. The molecule has 27 heavy (non-hydrogen) atoms. The van der Waals surface area contributed by atoms with Crippen molar-refractivity contribution in [3.63, 3.8) is 0 Å². The van der Waals surface area contributed by atoms with Gasteiger partial charge in [-0.3, -0.25) is 0 Å². The van der Waals surface area contributed by atoms with E-state index in [2.05, 4.69) is 38.1 Å². The van der Waals surface area contributed by atoms with Gasteiger partial charge in [0.15, 0.2) is 0 Å². The minimum absolute atomic E-state index is 0.231. The normalized spacial score (nSPS) is 11.9. The Hall–Kier alpha value is -2.29. The first kappa shape index (κ1) is 21.0. The van der Waals surface area contributed by atoms with Crippen LogP contribution in [-0.4, -0.2) is 17.7 Å². The molecular weight excluding hydrogens is 336 g/mol. The van der Waals surface area contributed by atoms with Crippen molar-refractivity contribution in [1.82, 2.24) is 0 Å². The predicted octanol–water partition coefficient (Wildman–Crippen LogP) is 6.16. The first-order chi connectivity index (χ1) is 13.1. The number of benzene rings is 2. The summed E-state index contributed by atoms with van der Waals surface area (Å²) in [6, 6.07) is 15.9. The molecule has 2 rings (SSSR count). The van der Waals surface area contributed by atoms with Gasteiger partial charge in [0.1, 0.15) is 11.3 Å². The van der Waals surface area contributed by atoms with E-state index in [1.54, 1.807) is 24.3 Å². The maximum Gasteiger partial charge on any atom is 0.339 e. The third kappa shape index (κ3) is 7.46. The quantitative estimate of drug-likeness (QED) is 0.457. The number of ether oxygens (including phenoxy) is 1. The van der Waals surface area contributed by atoms with Crippen molar-refractivity contribution in [3.05, 3.63) is 65.2 Å². The Morgan fingerprint density at radius 2 is 1.63 bits per heavy atom. The van der Waals surface area contributed by atoms with Gasteiger partial charge >= 0.3 is 5.97 Å². The Kier molecular flexibility index (Phi) is 8.90. The van der Waals surface area contributed by atoms with E-state index in [4.69, 9.17) is 9.84 Å². The van der Waals surface area contributed by atoms with Crippen LogP contribution in [0, 0.1) is 5.92 Å². The molecule has 1 atom stereocenters. The van der Waals surface area contributed by atoms with Gasteiger partial charge in [0.2, 0.25) is 0 Å². The van der Waals surface area contributed by atoms with Crippen LogP contribution < -0.4 is 4.74 Å². The molecule has 1 unspecified atom stereocenters. The molecule has 1 N–H and O–H groups in total. The minimum atomic E-state index is -0.944. The molecule has 146 valence electrons. The number of hydrogen-bond donors (Lipinski definition) is 1. The summed E-state index contributed by atoms with van der Waals surface area (Å²) in [7, 11) is 0. The van der Waals surface area contributed by atoms with Crippen LogP contribution in [0.5, 0.6) is 5.75 Å². The van der Waals surface area contributed by atoms with Gasteiger partial charge in [0, 0.05) is 0 Å². The number of aromatic carboxylic acids is 1. The molecule has 0 amide bonds. The van der Waals surface area contributed by atoms with Gasteiger partial charge in [0.05, 0.1) is 6.61 Å². The number of para-hydroxylation sites is 1.